The molecule has 0 aliphatic heterocycles. The number of anilines is 1. The summed E-state index contributed by atoms with van der Waals surface area (Å²) in [4.78, 5) is 15.6. The van der Waals surface area contributed by atoms with Gasteiger partial charge in [0.2, 0.25) is 0 Å². The van der Waals surface area contributed by atoms with Crippen LogP contribution in [0.1, 0.15) is 19.5 Å². The zero-order valence-corrected chi connectivity index (χ0v) is 9.66. The minimum atomic E-state index is -0.240. The molecule has 4 N–H and O–H groups in total. The van der Waals surface area contributed by atoms with E-state index in [0.717, 1.165) is 5.69 Å². The molecule has 0 saturated heterocycles. The maximum atomic E-state index is 11.4. The quantitative estimate of drug-likeness (QED) is 0.718. The molecule has 0 unspecified atom stereocenters. The standard InChI is InChI=1S/C11H18N4O/c1-8(2)7-13-11(16)15-10-5-3-4-9(6-12)14-10/h3-5,8H,6-7,12H2,1-2H3,(H2,13,14,15,16). The molecule has 0 atom stereocenters. The Morgan fingerprint density at radius 2 is 2.25 bits per heavy atom. The molecular weight excluding hydrogens is 204 g/mol. The Morgan fingerprint density at radius 1 is 1.50 bits per heavy atom. The molecular formula is C11H18N4O. The fraction of sp³-hybridized carbons (Fsp3) is 0.455. The van der Waals surface area contributed by atoms with Crippen LogP contribution in [-0.2, 0) is 6.54 Å². The van der Waals surface area contributed by atoms with Crippen LogP contribution in [0, 0.1) is 5.92 Å². The van der Waals surface area contributed by atoms with E-state index in [9.17, 15) is 4.79 Å². The van der Waals surface area contributed by atoms with Crippen LogP contribution in [0.25, 0.3) is 0 Å². The van der Waals surface area contributed by atoms with Gasteiger partial charge in [-0.2, -0.15) is 0 Å². The van der Waals surface area contributed by atoms with Crippen molar-refractivity contribution in [3.05, 3.63) is 23.9 Å². The molecule has 5 nitrogen and oxygen atoms in total. The van der Waals surface area contributed by atoms with Crippen LogP contribution in [0.2, 0.25) is 0 Å². The molecule has 0 spiro atoms. The van der Waals surface area contributed by atoms with Crippen LogP contribution < -0.4 is 16.4 Å². The smallest absolute Gasteiger partial charge is 0.320 e. The topological polar surface area (TPSA) is 80.0 Å². The maximum absolute atomic E-state index is 11.4. The van der Waals surface area contributed by atoms with Gasteiger partial charge in [-0.3, -0.25) is 5.32 Å². The van der Waals surface area contributed by atoms with E-state index in [1.165, 1.54) is 0 Å². The Labute approximate surface area is 95.4 Å². The summed E-state index contributed by atoms with van der Waals surface area (Å²) in [5.74, 6) is 0.943. The molecule has 1 aromatic rings. The third-order valence-electron chi connectivity index (χ3n) is 1.93. The Balaban J connectivity index is 2.49. The van der Waals surface area contributed by atoms with Crippen molar-refractivity contribution in [2.75, 3.05) is 11.9 Å². The highest BCUT2D eigenvalue weighted by Crippen LogP contribution is 2.03. The Morgan fingerprint density at radius 3 is 2.88 bits per heavy atom. The molecule has 1 rings (SSSR count). The molecule has 2 amide bonds. The lowest BCUT2D eigenvalue weighted by Gasteiger charge is -2.09. The van der Waals surface area contributed by atoms with Gasteiger partial charge in [0, 0.05) is 13.1 Å². The number of carbonyl (C=O) groups excluding carboxylic acids is 1. The number of hydrogen-bond acceptors (Lipinski definition) is 3. The number of aromatic nitrogens is 1. The third kappa shape index (κ3) is 4.27. The fourth-order valence-electron chi connectivity index (χ4n) is 1.12. The van der Waals surface area contributed by atoms with Crippen molar-refractivity contribution < 1.29 is 4.79 Å². The minimum Gasteiger partial charge on any atom is -0.338 e. The van der Waals surface area contributed by atoms with Gasteiger partial charge in [0.1, 0.15) is 5.82 Å². The van der Waals surface area contributed by atoms with Crippen molar-refractivity contribution in [2.45, 2.75) is 20.4 Å². The van der Waals surface area contributed by atoms with Gasteiger partial charge < -0.3 is 11.1 Å². The van der Waals surface area contributed by atoms with Crippen molar-refractivity contribution in [1.29, 1.82) is 0 Å². The van der Waals surface area contributed by atoms with Gasteiger partial charge >= 0.3 is 6.03 Å². The summed E-state index contributed by atoms with van der Waals surface area (Å²) in [7, 11) is 0. The molecule has 0 aromatic carbocycles. The molecule has 16 heavy (non-hydrogen) atoms. The van der Waals surface area contributed by atoms with Gasteiger partial charge in [0.05, 0.1) is 5.69 Å². The van der Waals surface area contributed by atoms with E-state index < -0.39 is 0 Å². The van der Waals surface area contributed by atoms with Gasteiger partial charge in [-0.25, -0.2) is 9.78 Å². The Kier molecular flexibility index (Phi) is 4.72. The van der Waals surface area contributed by atoms with Crippen molar-refractivity contribution >= 4 is 11.8 Å². The first-order valence-electron chi connectivity index (χ1n) is 5.32. The molecule has 0 aliphatic carbocycles. The van der Waals surface area contributed by atoms with Gasteiger partial charge in [-0.05, 0) is 18.1 Å². The van der Waals surface area contributed by atoms with Crippen molar-refractivity contribution in [3.63, 3.8) is 0 Å². The largest absolute Gasteiger partial charge is 0.338 e. The number of pyridine rings is 1. The highest BCUT2D eigenvalue weighted by Gasteiger charge is 2.03. The predicted octanol–water partition coefficient (Wildman–Crippen LogP) is 1.32. The average molecular weight is 222 g/mol. The second-order valence-corrected chi connectivity index (χ2v) is 3.95. The highest BCUT2D eigenvalue weighted by molar-refractivity contribution is 5.88. The van der Waals surface area contributed by atoms with E-state index in [1.807, 2.05) is 26.0 Å². The van der Waals surface area contributed by atoms with E-state index in [0.29, 0.717) is 24.8 Å². The van der Waals surface area contributed by atoms with E-state index in [1.54, 1.807) is 6.07 Å². The molecule has 0 radical (unpaired) electrons. The SMILES string of the molecule is CC(C)CNC(=O)Nc1cccc(CN)n1. The van der Waals surface area contributed by atoms with Gasteiger partial charge in [0.25, 0.3) is 0 Å². The zero-order valence-electron chi connectivity index (χ0n) is 9.66. The number of carbonyl (C=O) groups is 1. The monoisotopic (exact) mass is 222 g/mol. The van der Waals surface area contributed by atoms with Crippen molar-refractivity contribution in [3.8, 4) is 0 Å². The second-order valence-electron chi connectivity index (χ2n) is 3.95. The van der Waals surface area contributed by atoms with Crippen LogP contribution in [0.5, 0.6) is 0 Å². The first kappa shape index (κ1) is 12.4. The van der Waals surface area contributed by atoms with E-state index in [-0.39, 0.29) is 6.03 Å². The number of rotatable bonds is 4. The zero-order chi connectivity index (χ0) is 12.0. The molecule has 1 heterocycles. The lowest BCUT2D eigenvalue weighted by atomic mass is 10.2. The molecule has 1 aromatic heterocycles. The summed E-state index contributed by atoms with van der Waals surface area (Å²) >= 11 is 0. The van der Waals surface area contributed by atoms with Crippen LogP contribution in [0.3, 0.4) is 0 Å². The number of nitrogens with two attached hydrogens (primary N) is 1. The van der Waals surface area contributed by atoms with Gasteiger partial charge in [0.15, 0.2) is 0 Å². The van der Waals surface area contributed by atoms with Crippen LogP contribution >= 0.6 is 0 Å². The lowest BCUT2D eigenvalue weighted by Crippen LogP contribution is -2.32. The first-order chi connectivity index (χ1) is 7.61. The van der Waals surface area contributed by atoms with E-state index in [4.69, 9.17) is 5.73 Å². The minimum absolute atomic E-state index is 0.240. The molecule has 88 valence electrons. The summed E-state index contributed by atoms with van der Waals surface area (Å²) in [6, 6.07) is 5.12. The number of amides is 2. The maximum Gasteiger partial charge on any atom is 0.320 e. The molecule has 0 saturated carbocycles. The lowest BCUT2D eigenvalue weighted by molar-refractivity contribution is 0.251. The Hall–Kier alpha value is -1.62. The van der Waals surface area contributed by atoms with Crippen LogP contribution in [-0.4, -0.2) is 17.6 Å². The van der Waals surface area contributed by atoms with Gasteiger partial charge in [-0.15, -0.1) is 0 Å². The normalized spacial score (nSPS) is 10.2. The summed E-state index contributed by atoms with van der Waals surface area (Å²) < 4.78 is 0. The van der Waals surface area contributed by atoms with E-state index >= 15 is 0 Å². The van der Waals surface area contributed by atoms with Crippen molar-refractivity contribution in [2.24, 2.45) is 11.7 Å². The molecule has 0 bridgehead atoms. The predicted molar refractivity (Wildman–Crippen MR) is 64.0 cm³/mol. The summed E-state index contributed by atoms with van der Waals surface area (Å²) in [6.07, 6.45) is 0. The number of nitrogens with one attached hydrogen (secondary N) is 2. The summed E-state index contributed by atoms with van der Waals surface area (Å²) in [6.45, 7) is 5.08. The van der Waals surface area contributed by atoms with Crippen molar-refractivity contribution in [1.82, 2.24) is 10.3 Å². The first-order valence-corrected chi connectivity index (χ1v) is 5.32. The van der Waals surface area contributed by atoms with Crippen LogP contribution in [0.15, 0.2) is 18.2 Å². The van der Waals surface area contributed by atoms with Gasteiger partial charge in [-0.1, -0.05) is 19.9 Å². The molecule has 0 aliphatic rings. The number of hydrogen-bond donors (Lipinski definition) is 3. The van der Waals surface area contributed by atoms with Crippen LogP contribution in [0.4, 0.5) is 10.6 Å². The fourth-order valence-corrected chi connectivity index (χ4v) is 1.12. The Bertz CT molecular complexity index is 352. The third-order valence-corrected chi connectivity index (χ3v) is 1.93. The molecule has 0 fully saturated rings. The summed E-state index contributed by atoms with van der Waals surface area (Å²) in [5, 5.41) is 5.40. The molecule has 5 heteroatoms. The van der Waals surface area contributed by atoms with E-state index in [2.05, 4.69) is 15.6 Å². The summed E-state index contributed by atoms with van der Waals surface area (Å²) in [5.41, 5.74) is 6.21. The second kappa shape index (κ2) is 6.07. The number of urea groups is 1. The number of nitrogens with zero attached hydrogens (tertiary/aromatic N) is 1. The highest BCUT2D eigenvalue weighted by atomic mass is 16.2. The average Bonchev–Trinajstić information content (AvgIpc) is 2.26.